The van der Waals surface area contributed by atoms with Crippen LogP contribution in [0.1, 0.15) is 18.3 Å². The maximum atomic E-state index is 12.4. The first-order valence-electron chi connectivity index (χ1n) is 8.47. The molecule has 2 atom stereocenters. The van der Waals surface area contributed by atoms with E-state index in [1.165, 1.54) is 0 Å². The number of hydrogen-bond acceptors (Lipinski definition) is 6. The van der Waals surface area contributed by atoms with E-state index in [1.807, 2.05) is 25.5 Å². The van der Waals surface area contributed by atoms with Crippen LogP contribution in [0.15, 0.2) is 24.5 Å². The van der Waals surface area contributed by atoms with Crippen molar-refractivity contribution in [2.24, 2.45) is 0 Å². The van der Waals surface area contributed by atoms with E-state index >= 15 is 0 Å². The van der Waals surface area contributed by atoms with E-state index in [9.17, 15) is 4.79 Å². The van der Waals surface area contributed by atoms with Gasteiger partial charge in [0.25, 0.3) is 0 Å². The van der Waals surface area contributed by atoms with Crippen LogP contribution in [0.4, 0.5) is 5.95 Å². The average Bonchev–Trinajstić information content (AvgIpc) is 2.92. The van der Waals surface area contributed by atoms with Crippen molar-refractivity contribution < 1.29 is 9.53 Å². The number of anilines is 1. The van der Waals surface area contributed by atoms with Crippen molar-refractivity contribution in [3.63, 3.8) is 0 Å². The topological polar surface area (TPSA) is 85.2 Å². The van der Waals surface area contributed by atoms with Crippen LogP contribution in [-0.2, 0) is 16.1 Å². The quantitative estimate of drug-likeness (QED) is 0.872. The number of nitrogens with zero attached hydrogens (tertiary/aromatic N) is 5. The minimum atomic E-state index is -0.282. The van der Waals surface area contributed by atoms with E-state index in [4.69, 9.17) is 4.74 Å². The number of amides is 1. The molecule has 25 heavy (non-hydrogen) atoms. The number of aromatic nitrogens is 4. The average molecular weight is 344 g/mol. The van der Waals surface area contributed by atoms with Gasteiger partial charge in [0, 0.05) is 31.2 Å². The maximum Gasteiger partial charge on any atom is 0.243 e. The SMILES string of the molecule is Cc1cc(C)n(CC2CN(C(C)C(=O)Nc3ncccn3)CCO2)n1. The molecular formula is C17H24N6O2. The Bertz CT molecular complexity index is 717. The predicted molar refractivity (Wildman–Crippen MR) is 93.1 cm³/mol. The Morgan fingerprint density at radius 2 is 2.16 bits per heavy atom. The summed E-state index contributed by atoms with van der Waals surface area (Å²) >= 11 is 0. The Morgan fingerprint density at radius 1 is 1.40 bits per heavy atom. The molecule has 0 spiro atoms. The molecule has 0 saturated carbocycles. The number of carbonyl (C=O) groups excluding carboxylic acids is 1. The van der Waals surface area contributed by atoms with Crippen LogP contribution >= 0.6 is 0 Å². The van der Waals surface area contributed by atoms with Gasteiger partial charge in [0.15, 0.2) is 0 Å². The molecule has 2 aromatic heterocycles. The summed E-state index contributed by atoms with van der Waals surface area (Å²) in [6, 6.07) is 3.48. The van der Waals surface area contributed by atoms with Crippen molar-refractivity contribution in [1.29, 1.82) is 0 Å². The summed E-state index contributed by atoms with van der Waals surface area (Å²) in [7, 11) is 0. The zero-order valence-corrected chi connectivity index (χ0v) is 14.8. The summed E-state index contributed by atoms with van der Waals surface area (Å²) in [6.45, 7) is 8.60. The third kappa shape index (κ3) is 4.40. The third-order valence-electron chi connectivity index (χ3n) is 4.38. The Kier molecular flexibility index (Phi) is 5.40. The summed E-state index contributed by atoms with van der Waals surface area (Å²) in [5.41, 5.74) is 2.12. The van der Waals surface area contributed by atoms with E-state index in [2.05, 4.69) is 31.3 Å². The minimum Gasteiger partial charge on any atom is -0.374 e. The van der Waals surface area contributed by atoms with E-state index in [0.29, 0.717) is 25.6 Å². The fraction of sp³-hybridized carbons (Fsp3) is 0.529. The highest BCUT2D eigenvalue weighted by Crippen LogP contribution is 2.13. The Labute approximate surface area is 147 Å². The van der Waals surface area contributed by atoms with Crippen LogP contribution in [0.5, 0.6) is 0 Å². The molecule has 8 heteroatoms. The highest BCUT2D eigenvalue weighted by molar-refractivity contribution is 5.93. The van der Waals surface area contributed by atoms with Crippen molar-refractivity contribution in [1.82, 2.24) is 24.6 Å². The zero-order valence-electron chi connectivity index (χ0n) is 14.8. The van der Waals surface area contributed by atoms with Crippen LogP contribution in [-0.4, -0.2) is 62.4 Å². The standard InChI is InChI=1S/C17H24N6O2/c1-12-9-13(2)23(21-12)11-15-10-22(7-8-25-15)14(3)16(24)20-17-18-5-4-6-19-17/h4-6,9,14-15H,7-8,10-11H2,1-3H3,(H,18,19,20,24). The molecule has 0 aromatic carbocycles. The minimum absolute atomic E-state index is 0.00924. The molecule has 134 valence electrons. The van der Waals surface area contributed by atoms with Gasteiger partial charge < -0.3 is 4.74 Å². The lowest BCUT2D eigenvalue weighted by atomic mass is 10.2. The molecule has 1 amide bonds. The Hall–Kier alpha value is -2.32. The number of aryl methyl sites for hydroxylation is 2. The highest BCUT2D eigenvalue weighted by Gasteiger charge is 2.28. The second kappa shape index (κ2) is 7.71. The molecule has 1 saturated heterocycles. The first kappa shape index (κ1) is 17.5. The fourth-order valence-electron chi connectivity index (χ4n) is 3.00. The zero-order chi connectivity index (χ0) is 17.8. The molecule has 0 bridgehead atoms. The lowest BCUT2D eigenvalue weighted by Crippen LogP contribution is -2.51. The number of ether oxygens (including phenoxy) is 1. The van der Waals surface area contributed by atoms with E-state index < -0.39 is 0 Å². The van der Waals surface area contributed by atoms with Gasteiger partial charge in [-0.05, 0) is 32.9 Å². The van der Waals surface area contributed by atoms with Crippen LogP contribution < -0.4 is 5.32 Å². The van der Waals surface area contributed by atoms with Crippen LogP contribution in [0.3, 0.4) is 0 Å². The van der Waals surface area contributed by atoms with Crippen molar-refractivity contribution in [3.8, 4) is 0 Å². The largest absolute Gasteiger partial charge is 0.374 e. The summed E-state index contributed by atoms with van der Waals surface area (Å²) in [5, 5.41) is 7.24. The molecule has 0 aliphatic carbocycles. The maximum absolute atomic E-state index is 12.4. The van der Waals surface area contributed by atoms with Gasteiger partial charge in [-0.25, -0.2) is 9.97 Å². The number of hydrogen-bond donors (Lipinski definition) is 1. The van der Waals surface area contributed by atoms with Crippen LogP contribution in [0.2, 0.25) is 0 Å². The summed E-state index contributed by atoms with van der Waals surface area (Å²) < 4.78 is 7.83. The lowest BCUT2D eigenvalue weighted by molar-refractivity contribution is -0.124. The van der Waals surface area contributed by atoms with E-state index in [0.717, 1.165) is 17.9 Å². The molecule has 2 aromatic rings. The van der Waals surface area contributed by atoms with Gasteiger partial charge in [0.2, 0.25) is 11.9 Å². The molecule has 0 radical (unpaired) electrons. The smallest absolute Gasteiger partial charge is 0.243 e. The van der Waals surface area contributed by atoms with Gasteiger partial charge in [0.05, 0.1) is 31.0 Å². The fourth-order valence-corrected chi connectivity index (χ4v) is 3.00. The Balaban J connectivity index is 1.58. The van der Waals surface area contributed by atoms with Crippen LogP contribution in [0, 0.1) is 13.8 Å². The molecule has 8 nitrogen and oxygen atoms in total. The third-order valence-corrected chi connectivity index (χ3v) is 4.38. The molecular weight excluding hydrogens is 320 g/mol. The van der Waals surface area contributed by atoms with Gasteiger partial charge in [-0.3, -0.25) is 19.7 Å². The van der Waals surface area contributed by atoms with Crippen molar-refractivity contribution >= 4 is 11.9 Å². The summed E-state index contributed by atoms with van der Waals surface area (Å²) in [6.07, 6.45) is 3.22. The number of morpholine rings is 1. The number of nitrogens with one attached hydrogen (secondary N) is 1. The van der Waals surface area contributed by atoms with Crippen molar-refractivity contribution in [3.05, 3.63) is 35.9 Å². The molecule has 3 rings (SSSR count). The molecule has 2 unspecified atom stereocenters. The molecule has 3 heterocycles. The normalized spacial score (nSPS) is 19.6. The van der Waals surface area contributed by atoms with Gasteiger partial charge in [-0.1, -0.05) is 0 Å². The monoisotopic (exact) mass is 344 g/mol. The van der Waals surface area contributed by atoms with E-state index in [-0.39, 0.29) is 18.1 Å². The molecule has 1 aliphatic heterocycles. The van der Waals surface area contributed by atoms with Crippen LogP contribution in [0.25, 0.3) is 0 Å². The Morgan fingerprint density at radius 3 is 2.84 bits per heavy atom. The van der Waals surface area contributed by atoms with Gasteiger partial charge in [-0.2, -0.15) is 5.10 Å². The van der Waals surface area contributed by atoms with Crippen molar-refractivity contribution in [2.45, 2.75) is 39.5 Å². The first-order valence-corrected chi connectivity index (χ1v) is 8.47. The summed E-state index contributed by atoms with van der Waals surface area (Å²) in [4.78, 5) is 22.6. The molecule has 1 fully saturated rings. The predicted octanol–water partition coefficient (Wildman–Crippen LogP) is 1.02. The van der Waals surface area contributed by atoms with Gasteiger partial charge >= 0.3 is 0 Å². The van der Waals surface area contributed by atoms with Gasteiger partial charge in [0.1, 0.15) is 0 Å². The molecule has 1 aliphatic rings. The second-order valence-corrected chi connectivity index (χ2v) is 6.33. The van der Waals surface area contributed by atoms with E-state index in [1.54, 1.807) is 18.5 Å². The highest BCUT2D eigenvalue weighted by atomic mass is 16.5. The van der Waals surface area contributed by atoms with Gasteiger partial charge in [-0.15, -0.1) is 0 Å². The van der Waals surface area contributed by atoms with Crippen molar-refractivity contribution in [2.75, 3.05) is 25.0 Å². The summed E-state index contributed by atoms with van der Waals surface area (Å²) in [5.74, 6) is 0.213. The number of rotatable bonds is 5. The second-order valence-electron chi connectivity index (χ2n) is 6.33. The number of carbonyl (C=O) groups is 1. The first-order chi connectivity index (χ1) is 12.0. The molecule has 1 N–H and O–H groups in total. The lowest BCUT2D eigenvalue weighted by Gasteiger charge is -2.36.